The van der Waals surface area contributed by atoms with E-state index < -0.39 is 17.7 Å². The number of unbranched alkanes of at least 4 members (excludes halogenated alkanes) is 15. The van der Waals surface area contributed by atoms with Crippen LogP contribution in [0.25, 0.3) is 0 Å². The third-order valence-corrected chi connectivity index (χ3v) is 6.36. The lowest BCUT2D eigenvalue weighted by molar-refractivity contribution is -0.118. The molecular weight excluding hydrogens is 416 g/mol. The highest BCUT2D eigenvalue weighted by atomic mass is 16.3. The first-order valence-electron chi connectivity index (χ1n) is 13.3. The van der Waals surface area contributed by atoms with Crippen molar-refractivity contribution in [2.45, 2.75) is 128 Å². The summed E-state index contributed by atoms with van der Waals surface area (Å²) in [5.74, 6) is -0.432. The molecule has 0 aromatic carbocycles. The van der Waals surface area contributed by atoms with Gasteiger partial charge in [0.25, 0.3) is 5.91 Å². The fraction of sp³-hybridized carbons (Fsp3) is 0.778. The van der Waals surface area contributed by atoms with Crippen LogP contribution in [0.15, 0.2) is 22.8 Å². The van der Waals surface area contributed by atoms with Crippen molar-refractivity contribution in [3.8, 4) is 0 Å². The Hall–Kier alpha value is -1.66. The van der Waals surface area contributed by atoms with Crippen LogP contribution in [0.5, 0.6) is 0 Å². The molecule has 0 saturated heterocycles. The van der Waals surface area contributed by atoms with Crippen molar-refractivity contribution in [3.63, 3.8) is 0 Å². The average Bonchev–Trinajstić information content (AvgIpc) is 3.35. The van der Waals surface area contributed by atoms with Crippen LogP contribution >= 0.6 is 0 Å². The zero-order chi connectivity index (χ0) is 24.2. The number of rotatable bonds is 22. The summed E-state index contributed by atoms with van der Waals surface area (Å²) in [6.07, 6.45) is 21.7. The quantitative estimate of drug-likeness (QED) is 0.109. The van der Waals surface area contributed by atoms with Crippen molar-refractivity contribution in [2.24, 2.45) is 0 Å². The van der Waals surface area contributed by atoms with Crippen molar-refractivity contribution in [1.29, 1.82) is 0 Å². The molecule has 0 aliphatic carbocycles. The molecular formula is C27H48N2O4. The third kappa shape index (κ3) is 13.0. The number of aliphatic hydroxyl groups is 1. The van der Waals surface area contributed by atoms with Crippen LogP contribution in [-0.2, 0) is 4.79 Å². The molecule has 0 saturated carbocycles. The number of hydrogen-bond acceptors (Lipinski definition) is 5. The fourth-order valence-corrected chi connectivity index (χ4v) is 4.09. The Bertz CT molecular complexity index is 603. The number of aldehydes is 1. The van der Waals surface area contributed by atoms with Crippen molar-refractivity contribution in [3.05, 3.63) is 24.2 Å². The SMILES string of the molecule is CCCCCCCCCCCCCCCCCCN[C@](C=O)(NC(=O)c1ccco1)[C@@H](C)O. The highest BCUT2D eigenvalue weighted by molar-refractivity contribution is 5.94. The van der Waals surface area contributed by atoms with Gasteiger partial charge in [0.1, 0.15) is 0 Å². The largest absolute Gasteiger partial charge is 0.459 e. The van der Waals surface area contributed by atoms with Crippen molar-refractivity contribution >= 4 is 12.2 Å². The molecule has 0 unspecified atom stereocenters. The Morgan fingerprint density at radius 1 is 0.939 bits per heavy atom. The number of carbonyl (C=O) groups excluding carboxylic acids is 2. The Labute approximate surface area is 201 Å². The molecule has 190 valence electrons. The summed E-state index contributed by atoms with van der Waals surface area (Å²) in [6, 6.07) is 3.12. The number of amides is 1. The minimum atomic E-state index is -1.51. The Kier molecular flexibility index (Phi) is 16.7. The first kappa shape index (κ1) is 29.4. The van der Waals surface area contributed by atoms with E-state index in [0.717, 1.165) is 12.8 Å². The molecule has 1 aromatic rings. The lowest BCUT2D eigenvalue weighted by Crippen LogP contribution is -2.66. The predicted octanol–water partition coefficient (Wildman–Crippen LogP) is 6.14. The van der Waals surface area contributed by atoms with E-state index in [4.69, 9.17) is 4.42 Å². The van der Waals surface area contributed by atoms with E-state index in [-0.39, 0.29) is 5.76 Å². The molecule has 0 radical (unpaired) electrons. The van der Waals surface area contributed by atoms with E-state index in [1.54, 1.807) is 6.07 Å². The minimum Gasteiger partial charge on any atom is -0.459 e. The van der Waals surface area contributed by atoms with Crippen molar-refractivity contribution < 1.29 is 19.1 Å². The molecule has 1 amide bonds. The van der Waals surface area contributed by atoms with E-state index in [1.807, 2.05) is 0 Å². The van der Waals surface area contributed by atoms with Crippen LogP contribution in [0, 0.1) is 0 Å². The van der Waals surface area contributed by atoms with Gasteiger partial charge in [0.05, 0.1) is 12.4 Å². The van der Waals surface area contributed by atoms with Gasteiger partial charge in [-0.2, -0.15) is 0 Å². The van der Waals surface area contributed by atoms with Gasteiger partial charge < -0.3 is 14.8 Å². The highest BCUT2D eigenvalue weighted by Crippen LogP contribution is 2.14. The molecule has 0 bridgehead atoms. The summed E-state index contributed by atoms with van der Waals surface area (Å²) >= 11 is 0. The van der Waals surface area contributed by atoms with Crippen LogP contribution in [0.3, 0.4) is 0 Å². The lowest BCUT2D eigenvalue weighted by Gasteiger charge is -2.32. The summed E-state index contributed by atoms with van der Waals surface area (Å²) in [5.41, 5.74) is -1.51. The third-order valence-electron chi connectivity index (χ3n) is 6.36. The summed E-state index contributed by atoms with van der Waals surface area (Å²) in [7, 11) is 0. The van der Waals surface area contributed by atoms with Gasteiger partial charge in [0.2, 0.25) is 0 Å². The number of furan rings is 1. The van der Waals surface area contributed by atoms with Crippen molar-refractivity contribution in [2.75, 3.05) is 6.54 Å². The molecule has 2 atom stereocenters. The summed E-state index contributed by atoms with van der Waals surface area (Å²) < 4.78 is 5.07. The Morgan fingerprint density at radius 2 is 1.42 bits per heavy atom. The van der Waals surface area contributed by atoms with Gasteiger partial charge in [-0.3, -0.25) is 14.9 Å². The number of aliphatic hydroxyl groups excluding tert-OH is 1. The minimum absolute atomic E-state index is 0.103. The van der Waals surface area contributed by atoms with E-state index >= 15 is 0 Å². The van der Waals surface area contributed by atoms with Crippen LogP contribution in [0.1, 0.15) is 127 Å². The topological polar surface area (TPSA) is 91.6 Å². The molecule has 0 spiro atoms. The second-order valence-electron chi connectivity index (χ2n) is 9.32. The predicted molar refractivity (Wildman–Crippen MR) is 134 cm³/mol. The van der Waals surface area contributed by atoms with Crippen LogP contribution in [0.4, 0.5) is 0 Å². The van der Waals surface area contributed by atoms with Gasteiger partial charge in [-0.1, -0.05) is 103 Å². The molecule has 0 aliphatic rings. The number of nitrogens with one attached hydrogen (secondary N) is 2. The lowest BCUT2D eigenvalue weighted by atomic mass is 10.0. The molecule has 0 fully saturated rings. The van der Waals surface area contributed by atoms with Gasteiger partial charge in [0.15, 0.2) is 17.7 Å². The molecule has 0 aliphatic heterocycles. The Morgan fingerprint density at radius 3 is 1.82 bits per heavy atom. The van der Waals surface area contributed by atoms with E-state index in [0.29, 0.717) is 12.8 Å². The Balaban J connectivity index is 2.03. The van der Waals surface area contributed by atoms with E-state index in [1.165, 1.54) is 109 Å². The van der Waals surface area contributed by atoms with E-state index in [9.17, 15) is 14.7 Å². The normalized spacial score (nSPS) is 14.0. The van der Waals surface area contributed by atoms with Gasteiger partial charge in [-0.05, 0) is 32.0 Å². The number of hydrogen-bond donors (Lipinski definition) is 3. The molecule has 33 heavy (non-hydrogen) atoms. The monoisotopic (exact) mass is 464 g/mol. The maximum absolute atomic E-state index is 12.3. The molecule has 3 N–H and O–H groups in total. The van der Waals surface area contributed by atoms with E-state index in [2.05, 4.69) is 17.6 Å². The smallest absolute Gasteiger partial charge is 0.288 e. The van der Waals surface area contributed by atoms with Crippen LogP contribution in [-0.4, -0.2) is 35.6 Å². The first-order valence-corrected chi connectivity index (χ1v) is 13.3. The maximum atomic E-state index is 12.3. The molecule has 6 nitrogen and oxygen atoms in total. The second kappa shape index (κ2) is 18.7. The van der Waals surface area contributed by atoms with Crippen LogP contribution in [0.2, 0.25) is 0 Å². The fourth-order valence-electron chi connectivity index (χ4n) is 4.09. The summed E-state index contributed by atoms with van der Waals surface area (Å²) in [4.78, 5) is 24.0. The molecule has 1 heterocycles. The zero-order valence-corrected chi connectivity index (χ0v) is 21.1. The maximum Gasteiger partial charge on any atom is 0.288 e. The first-order chi connectivity index (χ1) is 16.1. The summed E-state index contributed by atoms with van der Waals surface area (Å²) in [6.45, 7) is 4.29. The van der Waals surface area contributed by atoms with Gasteiger partial charge in [-0.15, -0.1) is 0 Å². The highest BCUT2D eigenvalue weighted by Gasteiger charge is 2.37. The van der Waals surface area contributed by atoms with Gasteiger partial charge >= 0.3 is 0 Å². The second-order valence-corrected chi connectivity index (χ2v) is 9.32. The molecule has 6 heteroatoms. The van der Waals surface area contributed by atoms with Crippen molar-refractivity contribution in [1.82, 2.24) is 10.6 Å². The summed E-state index contributed by atoms with van der Waals surface area (Å²) in [5, 5.41) is 15.7. The van der Waals surface area contributed by atoms with Gasteiger partial charge in [0, 0.05) is 0 Å². The molecule has 1 aromatic heterocycles. The average molecular weight is 465 g/mol. The zero-order valence-electron chi connectivity index (χ0n) is 21.1. The molecule has 1 rings (SSSR count). The number of carbonyl (C=O) groups is 2. The van der Waals surface area contributed by atoms with Crippen LogP contribution < -0.4 is 10.6 Å². The standard InChI is InChI=1S/C27H48N2O4/c1-3-4-5-6-7-8-9-10-11-12-13-14-15-16-17-18-21-28-27(23-30,24(2)31)29-26(32)25-20-19-22-33-25/h19-20,22-24,28,31H,3-18,21H2,1-2H3,(H,29,32)/t24-,27-/m1/s1. The van der Waals surface area contributed by atoms with Gasteiger partial charge in [-0.25, -0.2) is 0 Å².